The van der Waals surface area contributed by atoms with Crippen LogP contribution in [0, 0.1) is 0 Å². The maximum absolute atomic E-state index is 12.4. The zero-order chi connectivity index (χ0) is 13.8. The molecule has 18 heavy (non-hydrogen) atoms. The first-order valence-electron chi connectivity index (χ1n) is 5.87. The second-order valence-corrected chi connectivity index (χ2v) is 4.34. The average Bonchev–Trinajstić information content (AvgIpc) is 2.37. The Labute approximate surface area is 108 Å². The predicted octanol–water partition coefficient (Wildman–Crippen LogP) is 2.70. The smallest absolute Gasteiger partial charge is 0.197 e. The van der Waals surface area contributed by atoms with Crippen LogP contribution in [0.1, 0.15) is 31.1 Å². The van der Waals surface area contributed by atoms with E-state index in [4.69, 9.17) is 14.2 Å². The van der Waals surface area contributed by atoms with Gasteiger partial charge >= 0.3 is 0 Å². The summed E-state index contributed by atoms with van der Waals surface area (Å²) in [5.41, 5.74) is -0.413. The van der Waals surface area contributed by atoms with E-state index in [2.05, 4.69) is 0 Å². The highest BCUT2D eigenvalue weighted by Crippen LogP contribution is 2.28. The number of Topliss-reactive ketones (excluding diaryl/α,β-unsaturated/α-hetero) is 1. The molecule has 1 aromatic rings. The molecule has 0 spiro atoms. The molecular weight excluding hydrogens is 232 g/mol. The third kappa shape index (κ3) is 3.01. The molecular formula is C14H20O4. The largest absolute Gasteiger partial charge is 0.497 e. The number of benzene rings is 1. The summed E-state index contributed by atoms with van der Waals surface area (Å²) in [5.74, 6) is 1.01. The molecule has 0 saturated heterocycles. The minimum atomic E-state index is -0.881. The maximum atomic E-state index is 12.4. The molecule has 1 rings (SSSR count). The third-order valence-corrected chi connectivity index (χ3v) is 2.70. The summed E-state index contributed by atoms with van der Waals surface area (Å²) in [6.07, 6.45) is 0. The van der Waals surface area contributed by atoms with Crippen LogP contribution in [-0.4, -0.2) is 32.2 Å². The first-order chi connectivity index (χ1) is 8.46. The highest BCUT2D eigenvalue weighted by atomic mass is 16.5. The van der Waals surface area contributed by atoms with Gasteiger partial charge in [0.1, 0.15) is 17.1 Å². The summed E-state index contributed by atoms with van der Waals surface area (Å²) in [6.45, 7) is 5.83. The van der Waals surface area contributed by atoms with E-state index in [-0.39, 0.29) is 5.78 Å². The van der Waals surface area contributed by atoms with E-state index >= 15 is 0 Å². The van der Waals surface area contributed by atoms with Crippen molar-refractivity contribution in [1.29, 1.82) is 0 Å². The lowest BCUT2D eigenvalue weighted by molar-refractivity contribution is 0.00105. The summed E-state index contributed by atoms with van der Waals surface area (Å²) >= 11 is 0. The fourth-order valence-corrected chi connectivity index (χ4v) is 1.74. The van der Waals surface area contributed by atoms with Crippen LogP contribution in [-0.2, 0) is 4.74 Å². The number of hydrogen-bond donors (Lipinski definition) is 0. The molecule has 1 aromatic carbocycles. The highest BCUT2D eigenvalue weighted by Gasteiger charge is 2.31. The van der Waals surface area contributed by atoms with E-state index in [0.29, 0.717) is 23.7 Å². The van der Waals surface area contributed by atoms with Crippen LogP contribution < -0.4 is 9.47 Å². The molecule has 0 fully saturated rings. The maximum Gasteiger partial charge on any atom is 0.197 e. The normalized spacial score (nSPS) is 11.2. The molecule has 0 bridgehead atoms. The standard InChI is InChI=1S/C14H20O4/c1-6-18-14(2,3)13(15)11-9-10(16-4)7-8-12(11)17-5/h7-9H,6H2,1-5H3. The quantitative estimate of drug-likeness (QED) is 0.730. The summed E-state index contributed by atoms with van der Waals surface area (Å²) in [5, 5.41) is 0. The van der Waals surface area contributed by atoms with E-state index in [0.717, 1.165) is 0 Å². The lowest BCUT2D eigenvalue weighted by Crippen LogP contribution is -2.35. The number of rotatable bonds is 6. The molecule has 4 nitrogen and oxygen atoms in total. The lowest BCUT2D eigenvalue weighted by atomic mass is 9.95. The third-order valence-electron chi connectivity index (χ3n) is 2.70. The fourth-order valence-electron chi connectivity index (χ4n) is 1.74. The van der Waals surface area contributed by atoms with E-state index in [1.165, 1.54) is 7.11 Å². The summed E-state index contributed by atoms with van der Waals surface area (Å²) in [7, 11) is 3.09. The summed E-state index contributed by atoms with van der Waals surface area (Å²) in [4.78, 5) is 12.4. The number of ketones is 1. The van der Waals surface area contributed by atoms with Gasteiger partial charge in [0.25, 0.3) is 0 Å². The SMILES string of the molecule is CCOC(C)(C)C(=O)c1cc(OC)ccc1OC. The molecule has 0 aromatic heterocycles. The van der Waals surface area contributed by atoms with Crippen LogP contribution in [0.5, 0.6) is 11.5 Å². The molecule has 0 amide bonds. The molecule has 0 atom stereocenters. The van der Waals surface area contributed by atoms with Gasteiger partial charge in [-0.05, 0) is 39.0 Å². The van der Waals surface area contributed by atoms with Crippen molar-refractivity contribution < 1.29 is 19.0 Å². The van der Waals surface area contributed by atoms with Gasteiger partial charge in [0.05, 0.1) is 19.8 Å². The van der Waals surface area contributed by atoms with Crippen molar-refractivity contribution in [3.63, 3.8) is 0 Å². The zero-order valence-electron chi connectivity index (χ0n) is 11.6. The van der Waals surface area contributed by atoms with Crippen molar-refractivity contribution >= 4 is 5.78 Å². The molecule has 0 heterocycles. The van der Waals surface area contributed by atoms with E-state index in [1.54, 1.807) is 39.2 Å². The second-order valence-electron chi connectivity index (χ2n) is 4.34. The van der Waals surface area contributed by atoms with Crippen molar-refractivity contribution in [2.45, 2.75) is 26.4 Å². The summed E-state index contributed by atoms with van der Waals surface area (Å²) < 4.78 is 15.8. The Balaban J connectivity index is 3.17. The number of carbonyl (C=O) groups excluding carboxylic acids is 1. The molecule has 0 aliphatic rings. The Hall–Kier alpha value is -1.55. The zero-order valence-corrected chi connectivity index (χ0v) is 11.6. The number of carbonyl (C=O) groups is 1. The molecule has 4 heteroatoms. The Morgan fingerprint density at radius 1 is 1.22 bits per heavy atom. The molecule has 100 valence electrons. The van der Waals surface area contributed by atoms with Gasteiger partial charge in [0.15, 0.2) is 5.78 Å². The Bertz CT molecular complexity index is 424. The van der Waals surface area contributed by atoms with Gasteiger partial charge in [-0.15, -0.1) is 0 Å². The molecule has 0 aliphatic carbocycles. The van der Waals surface area contributed by atoms with E-state index in [1.807, 2.05) is 6.92 Å². The van der Waals surface area contributed by atoms with E-state index < -0.39 is 5.60 Å². The van der Waals surface area contributed by atoms with Gasteiger partial charge < -0.3 is 14.2 Å². The van der Waals surface area contributed by atoms with Crippen molar-refractivity contribution in [3.8, 4) is 11.5 Å². The van der Waals surface area contributed by atoms with Gasteiger partial charge in [-0.25, -0.2) is 0 Å². The van der Waals surface area contributed by atoms with Gasteiger partial charge in [0, 0.05) is 6.61 Å². The first-order valence-corrected chi connectivity index (χ1v) is 5.87. The second kappa shape index (κ2) is 5.87. The van der Waals surface area contributed by atoms with Gasteiger partial charge in [0.2, 0.25) is 0 Å². The Morgan fingerprint density at radius 2 is 1.89 bits per heavy atom. The van der Waals surface area contributed by atoms with Crippen LogP contribution in [0.2, 0.25) is 0 Å². The monoisotopic (exact) mass is 252 g/mol. The van der Waals surface area contributed by atoms with Crippen molar-refractivity contribution in [1.82, 2.24) is 0 Å². The fraction of sp³-hybridized carbons (Fsp3) is 0.500. The van der Waals surface area contributed by atoms with Crippen LogP contribution >= 0.6 is 0 Å². The average molecular weight is 252 g/mol. The van der Waals surface area contributed by atoms with Gasteiger partial charge in [-0.2, -0.15) is 0 Å². The van der Waals surface area contributed by atoms with Crippen molar-refractivity contribution in [2.24, 2.45) is 0 Å². The van der Waals surface area contributed by atoms with Crippen molar-refractivity contribution in [2.75, 3.05) is 20.8 Å². The summed E-state index contributed by atoms with van der Waals surface area (Å²) in [6, 6.07) is 5.14. The Kier molecular flexibility index (Phi) is 4.73. The predicted molar refractivity (Wildman–Crippen MR) is 69.6 cm³/mol. The number of hydrogen-bond acceptors (Lipinski definition) is 4. The lowest BCUT2D eigenvalue weighted by Gasteiger charge is -2.24. The molecule has 0 unspecified atom stereocenters. The molecule has 0 radical (unpaired) electrons. The molecule has 0 N–H and O–H groups in total. The van der Waals surface area contributed by atoms with E-state index in [9.17, 15) is 4.79 Å². The highest BCUT2D eigenvalue weighted by molar-refractivity contribution is 6.04. The van der Waals surface area contributed by atoms with Crippen LogP contribution in [0.25, 0.3) is 0 Å². The first kappa shape index (κ1) is 14.5. The number of methoxy groups -OCH3 is 2. The minimum Gasteiger partial charge on any atom is -0.497 e. The van der Waals surface area contributed by atoms with Crippen LogP contribution in [0.15, 0.2) is 18.2 Å². The van der Waals surface area contributed by atoms with Crippen molar-refractivity contribution in [3.05, 3.63) is 23.8 Å². The van der Waals surface area contributed by atoms with Crippen LogP contribution in [0.3, 0.4) is 0 Å². The van der Waals surface area contributed by atoms with Crippen LogP contribution in [0.4, 0.5) is 0 Å². The Morgan fingerprint density at radius 3 is 2.39 bits per heavy atom. The van der Waals surface area contributed by atoms with Gasteiger partial charge in [-0.3, -0.25) is 4.79 Å². The molecule has 0 aliphatic heterocycles. The van der Waals surface area contributed by atoms with Gasteiger partial charge in [-0.1, -0.05) is 0 Å². The number of ether oxygens (including phenoxy) is 3. The minimum absolute atomic E-state index is 0.125. The molecule has 0 saturated carbocycles. The topological polar surface area (TPSA) is 44.8 Å².